The fourth-order valence-electron chi connectivity index (χ4n) is 0.427. The smallest absolute Gasteiger partial charge is 0 e. The van der Waals surface area contributed by atoms with Crippen molar-refractivity contribution in [3.8, 4) is 0 Å². The van der Waals surface area contributed by atoms with E-state index >= 15 is 0 Å². The van der Waals surface area contributed by atoms with E-state index in [0.717, 1.165) is 13.1 Å². The van der Waals surface area contributed by atoms with Crippen molar-refractivity contribution in [2.45, 2.75) is 19.8 Å². The van der Waals surface area contributed by atoms with Crippen LogP contribution in [0, 0.1) is 38.0 Å². The van der Waals surface area contributed by atoms with Crippen molar-refractivity contribution < 1.29 is 31.1 Å². The summed E-state index contributed by atoms with van der Waals surface area (Å²) in [6.07, 6.45) is 2.54. The molecular formula is C6H14NU-. The van der Waals surface area contributed by atoms with E-state index in [9.17, 15) is 0 Å². The molecule has 1 nitrogen and oxygen atoms in total. The first-order valence-corrected chi connectivity index (χ1v) is 2.91. The SMILES string of the molecule is [CH2-]CNCCCC.[U]. The maximum Gasteiger partial charge on any atom is 0 e. The average molecular weight is 338 g/mol. The first-order valence-electron chi connectivity index (χ1n) is 2.91. The first-order chi connectivity index (χ1) is 3.41. The Morgan fingerprint density at radius 2 is 2.12 bits per heavy atom. The van der Waals surface area contributed by atoms with Gasteiger partial charge in [0, 0.05) is 31.1 Å². The van der Waals surface area contributed by atoms with Gasteiger partial charge in [-0.2, -0.15) is 0 Å². The molecule has 8 heavy (non-hydrogen) atoms. The zero-order chi connectivity index (χ0) is 5.54. The molecule has 0 saturated carbocycles. The quantitative estimate of drug-likeness (QED) is 0.600. The van der Waals surface area contributed by atoms with Crippen molar-refractivity contribution in [3.05, 3.63) is 6.92 Å². The summed E-state index contributed by atoms with van der Waals surface area (Å²) in [5, 5.41) is 3.14. The van der Waals surface area contributed by atoms with Gasteiger partial charge in [0.2, 0.25) is 0 Å². The Bertz CT molecular complexity index is 27.7. The molecule has 0 unspecified atom stereocenters. The van der Waals surface area contributed by atoms with Crippen LogP contribution in [0.4, 0.5) is 0 Å². The summed E-state index contributed by atoms with van der Waals surface area (Å²) in [4.78, 5) is 0. The van der Waals surface area contributed by atoms with Crippen LogP contribution in [0.25, 0.3) is 0 Å². The normalized spacial score (nSPS) is 8.25. The first kappa shape index (κ1) is 11.8. The molecule has 0 rings (SSSR count). The Balaban J connectivity index is 0. The van der Waals surface area contributed by atoms with Gasteiger partial charge in [-0.05, 0) is 13.0 Å². The Hall–Kier alpha value is 1.01. The Morgan fingerprint density at radius 3 is 2.50 bits per heavy atom. The molecule has 0 bridgehead atoms. The minimum atomic E-state index is 0. The van der Waals surface area contributed by atoms with Gasteiger partial charge in [0.25, 0.3) is 0 Å². The van der Waals surface area contributed by atoms with E-state index in [0.29, 0.717) is 0 Å². The van der Waals surface area contributed by atoms with E-state index in [2.05, 4.69) is 19.2 Å². The summed E-state index contributed by atoms with van der Waals surface area (Å²) in [5.74, 6) is 0. The second-order valence-electron chi connectivity index (χ2n) is 1.60. The third kappa shape index (κ3) is 10.1. The van der Waals surface area contributed by atoms with Gasteiger partial charge < -0.3 is 12.2 Å². The van der Waals surface area contributed by atoms with Crippen molar-refractivity contribution in [1.82, 2.24) is 5.32 Å². The molecule has 0 aromatic rings. The van der Waals surface area contributed by atoms with E-state index in [1.165, 1.54) is 12.8 Å². The Kier molecular flexibility index (Phi) is 16.0. The van der Waals surface area contributed by atoms with Gasteiger partial charge in [-0.15, -0.1) is 6.54 Å². The largest absolute Gasteiger partial charge is 0.346 e. The third-order valence-electron chi connectivity index (χ3n) is 0.884. The van der Waals surface area contributed by atoms with Crippen molar-refractivity contribution in [2.75, 3.05) is 13.1 Å². The predicted molar refractivity (Wildman–Crippen MR) is 33.1 cm³/mol. The second kappa shape index (κ2) is 10.9. The molecule has 0 spiro atoms. The maximum atomic E-state index is 3.65. The van der Waals surface area contributed by atoms with E-state index in [4.69, 9.17) is 0 Å². The minimum Gasteiger partial charge on any atom is -0.346 e. The fourth-order valence-corrected chi connectivity index (χ4v) is 0.427. The van der Waals surface area contributed by atoms with Gasteiger partial charge in [0.05, 0.1) is 0 Å². The molecule has 0 amide bonds. The maximum absolute atomic E-state index is 3.65. The number of nitrogens with one attached hydrogen (secondary N) is 1. The van der Waals surface area contributed by atoms with Gasteiger partial charge in [-0.1, -0.05) is 13.3 Å². The van der Waals surface area contributed by atoms with Gasteiger partial charge in [0.15, 0.2) is 0 Å². The average Bonchev–Trinajstić information content (AvgIpc) is 1.69. The molecule has 0 radical (unpaired) electrons. The summed E-state index contributed by atoms with van der Waals surface area (Å²) >= 11 is 0. The number of rotatable bonds is 4. The van der Waals surface area contributed by atoms with Crippen LogP contribution < -0.4 is 5.32 Å². The van der Waals surface area contributed by atoms with Crippen LogP contribution in [0.15, 0.2) is 0 Å². The van der Waals surface area contributed by atoms with Crippen LogP contribution in [0.1, 0.15) is 19.8 Å². The summed E-state index contributed by atoms with van der Waals surface area (Å²) in [6.45, 7) is 7.82. The molecule has 0 aliphatic carbocycles. The topological polar surface area (TPSA) is 12.0 Å². The number of hydrogen-bond acceptors (Lipinski definition) is 1. The van der Waals surface area contributed by atoms with E-state index in [1.807, 2.05) is 0 Å². The summed E-state index contributed by atoms with van der Waals surface area (Å²) in [7, 11) is 0. The molecule has 0 saturated heterocycles. The van der Waals surface area contributed by atoms with E-state index < -0.39 is 0 Å². The van der Waals surface area contributed by atoms with Gasteiger partial charge >= 0.3 is 0 Å². The predicted octanol–water partition coefficient (Wildman–Crippen LogP) is 1.21. The van der Waals surface area contributed by atoms with Gasteiger partial charge in [-0.25, -0.2) is 0 Å². The number of unbranched alkanes of at least 4 members (excludes halogenated alkanes) is 1. The van der Waals surface area contributed by atoms with Crippen LogP contribution in [0.2, 0.25) is 0 Å². The standard InChI is InChI=1S/C6H14N.U/c1-3-5-6-7-4-2;/h7H,2-6H2,1H3;/q-1;. The summed E-state index contributed by atoms with van der Waals surface area (Å²) in [5.41, 5.74) is 0. The van der Waals surface area contributed by atoms with Crippen LogP contribution in [0.5, 0.6) is 0 Å². The van der Waals surface area contributed by atoms with E-state index in [1.54, 1.807) is 0 Å². The van der Waals surface area contributed by atoms with Crippen molar-refractivity contribution >= 4 is 0 Å². The number of hydrogen-bond donors (Lipinski definition) is 1. The monoisotopic (exact) mass is 338 g/mol. The molecule has 0 aromatic heterocycles. The van der Waals surface area contributed by atoms with Gasteiger partial charge in [-0.3, -0.25) is 0 Å². The molecule has 1 N–H and O–H groups in total. The van der Waals surface area contributed by atoms with Crippen molar-refractivity contribution in [1.29, 1.82) is 0 Å². The second-order valence-corrected chi connectivity index (χ2v) is 1.60. The van der Waals surface area contributed by atoms with Crippen LogP contribution in [0.3, 0.4) is 0 Å². The zero-order valence-corrected chi connectivity index (χ0v) is 9.70. The Labute approximate surface area is 76.0 Å². The van der Waals surface area contributed by atoms with Gasteiger partial charge in [0.1, 0.15) is 0 Å². The van der Waals surface area contributed by atoms with E-state index in [-0.39, 0.29) is 31.1 Å². The third-order valence-corrected chi connectivity index (χ3v) is 0.884. The molecule has 0 fully saturated rings. The molecular weight excluding hydrogens is 324 g/mol. The molecule has 0 aromatic carbocycles. The molecule has 0 aliphatic heterocycles. The molecule has 48 valence electrons. The van der Waals surface area contributed by atoms with Crippen LogP contribution in [-0.2, 0) is 0 Å². The van der Waals surface area contributed by atoms with Crippen LogP contribution in [-0.4, -0.2) is 13.1 Å². The molecule has 2 heteroatoms. The summed E-state index contributed by atoms with van der Waals surface area (Å²) < 4.78 is 0. The molecule has 0 aliphatic rings. The Morgan fingerprint density at radius 1 is 1.50 bits per heavy atom. The zero-order valence-electron chi connectivity index (χ0n) is 5.54. The molecule has 0 heterocycles. The molecule has 0 atom stereocenters. The van der Waals surface area contributed by atoms with Crippen molar-refractivity contribution in [3.63, 3.8) is 0 Å². The summed E-state index contributed by atoms with van der Waals surface area (Å²) in [6, 6.07) is 0. The van der Waals surface area contributed by atoms with Crippen molar-refractivity contribution in [2.24, 2.45) is 0 Å². The van der Waals surface area contributed by atoms with Crippen LogP contribution >= 0.6 is 0 Å². The fraction of sp³-hybridized carbons (Fsp3) is 0.833. The minimum absolute atomic E-state index is 0.